The minimum Gasteiger partial charge on any atom is -0.0613 e. The second-order valence-electron chi connectivity index (χ2n) is 7.44. The Morgan fingerprint density at radius 3 is 1.76 bits per heavy atom. The maximum Gasteiger partial charge on any atom is -0.00235 e. The van der Waals surface area contributed by atoms with Crippen LogP contribution in [0.4, 0.5) is 0 Å². The fraction of sp³-hybridized carbons (Fsp3) is 0.200. The number of rotatable bonds is 2. The summed E-state index contributed by atoms with van der Waals surface area (Å²) in [6, 6.07) is 23.0. The minimum absolute atomic E-state index is 0.531. The predicted molar refractivity (Wildman–Crippen MR) is 111 cm³/mol. The molecule has 0 unspecified atom stereocenters. The van der Waals surface area contributed by atoms with Crippen molar-refractivity contribution in [1.82, 2.24) is 0 Å². The van der Waals surface area contributed by atoms with E-state index < -0.39 is 0 Å². The number of hydrogen-bond donors (Lipinski definition) is 0. The van der Waals surface area contributed by atoms with Crippen molar-refractivity contribution >= 4 is 43.1 Å². The quantitative estimate of drug-likeness (QED) is 0.234. The maximum atomic E-state index is 2.34. The van der Waals surface area contributed by atoms with Gasteiger partial charge >= 0.3 is 0 Å². The van der Waals surface area contributed by atoms with Crippen LogP contribution >= 0.6 is 0 Å². The van der Waals surface area contributed by atoms with Crippen LogP contribution in [0.15, 0.2) is 60.7 Å². The second-order valence-corrected chi connectivity index (χ2v) is 7.44. The van der Waals surface area contributed by atoms with Gasteiger partial charge in [0.25, 0.3) is 0 Å². The van der Waals surface area contributed by atoms with Gasteiger partial charge in [0.05, 0.1) is 0 Å². The minimum atomic E-state index is 0.531. The lowest BCUT2D eigenvalue weighted by Crippen LogP contribution is -1.94. The summed E-state index contributed by atoms with van der Waals surface area (Å²) < 4.78 is 0. The Morgan fingerprint density at radius 1 is 0.600 bits per heavy atom. The monoisotopic (exact) mass is 322 g/mol. The third kappa shape index (κ3) is 1.88. The van der Waals surface area contributed by atoms with Crippen LogP contribution in [0.1, 0.15) is 37.8 Å². The molecule has 0 saturated carbocycles. The van der Waals surface area contributed by atoms with Gasteiger partial charge in [-0.2, -0.15) is 0 Å². The maximum absolute atomic E-state index is 2.34. The van der Waals surface area contributed by atoms with Crippen molar-refractivity contribution in [3.63, 3.8) is 0 Å². The normalized spacial score (nSPS) is 12.3. The lowest BCUT2D eigenvalue weighted by molar-refractivity contribution is 0.877. The smallest absolute Gasteiger partial charge is 0.00235 e. The van der Waals surface area contributed by atoms with Crippen LogP contribution in [0.2, 0.25) is 0 Å². The average Bonchev–Trinajstić information content (AvgIpc) is 2.65. The Morgan fingerprint density at radius 2 is 1.12 bits per heavy atom. The van der Waals surface area contributed by atoms with Crippen molar-refractivity contribution < 1.29 is 0 Å². The average molecular weight is 322 g/mol. The lowest BCUT2D eigenvalue weighted by atomic mass is 9.85. The largest absolute Gasteiger partial charge is 0.0613 e. The summed E-state index contributed by atoms with van der Waals surface area (Å²) in [7, 11) is 0. The van der Waals surface area contributed by atoms with Crippen LogP contribution < -0.4 is 0 Å². The summed E-state index contributed by atoms with van der Waals surface area (Å²) in [6.07, 6.45) is 1.07. The molecule has 0 fully saturated rings. The van der Waals surface area contributed by atoms with E-state index in [9.17, 15) is 0 Å². The van der Waals surface area contributed by atoms with Gasteiger partial charge in [-0.05, 0) is 66.6 Å². The van der Waals surface area contributed by atoms with E-state index in [1.54, 1.807) is 0 Å². The molecule has 0 aliphatic carbocycles. The van der Waals surface area contributed by atoms with Crippen molar-refractivity contribution in [3.8, 4) is 0 Å². The Kier molecular flexibility index (Phi) is 3.06. The zero-order chi connectivity index (χ0) is 17.1. The van der Waals surface area contributed by atoms with E-state index in [0.717, 1.165) is 6.42 Å². The lowest BCUT2D eigenvalue weighted by Gasteiger charge is -2.18. The van der Waals surface area contributed by atoms with Gasteiger partial charge in [-0.15, -0.1) is 0 Å². The highest BCUT2D eigenvalue weighted by Crippen LogP contribution is 2.42. The standard InChI is InChI=1S/C25H22/c1-4-16-11-12-22-23-14-13-17(15(2)3)19-8-6-10-21(25(19)23)20-9-5-7-18(16)24(20)22/h5-15H,4H2,1-3H3. The van der Waals surface area contributed by atoms with Gasteiger partial charge in [0.1, 0.15) is 0 Å². The van der Waals surface area contributed by atoms with Crippen LogP contribution in [0, 0.1) is 0 Å². The first-order chi connectivity index (χ1) is 12.2. The summed E-state index contributed by atoms with van der Waals surface area (Å²) in [5.74, 6) is 0.531. The molecule has 0 spiro atoms. The third-order valence-corrected chi connectivity index (χ3v) is 5.79. The molecule has 0 aromatic heterocycles. The molecular formula is C25H22. The van der Waals surface area contributed by atoms with Crippen LogP contribution in [0.5, 0.6) is 0 Å². The zero-order valence-corrected chi connectivity index (χ0v) is 15.1. The molecular weight excluding hydrogens is 300 g/mol. The Labute approximate surface area is 148 Å². The van der Waals surface area contributed by atoms with Gasteiger partial charge in [0.15, 0.2) is 0 Å². The summed E-state index contributed by atoms with van der Waals surface area (Å²) in [6.45, 7) is 6.82. The molecule has 0 nitrogen and oxygen atoms in total. The van der Waals surface area contributed by atoms with Gasteiger partial charge in [0.2, 0.25) is 0 Å². The Balaban J connectivity index is 2.14. The first kappa shape index (κ1) is 14.7. The third-order valence-electron chi connectivity index (χ3n) is 5.79. The van der Waals surface area contributed by atoms with Gasteiger partial charge in [-0.3, -0.25) is 0 Å². The zero-order valence-electron chi connectivity index (χ0n) is 15.1. The molecule has 0 amide bonds. The van der Waals surface area contributed by atoms with E-state index in [1.165, 1.54) is 54.2 Å². The van der Waals surface area contributed by atoms with E-state index in [-0.39, 0.29) is 0 Å². The molecule has 5 aromatic rings. The van der Waals surface area contributed by atoms with Gasteiger partial charge < -0.3 is 0 Å². The van der Waals surface area contributed by atoms with Crippen molar-refractivity contribution in [2.75, 3.05) is 0 Å². The fourth-order valence-electron chi connectivity index (χ4n) is 4.61. The molecule has 0 atom stereocenters. The summed E-state index contributed by atoms with van der Waals surface area (Å²) in [5, 5.41) is 11.2. The van der Waals surface area contributed by atoms with E-state index in [2.05, 4.69) is 81.4 Å². The fourth-order valence-corrected chi connectivity index (χ4v) is 4.61. The summed E-state index contributed by atoms with van der Waals surface area (Å²) >= 11 is 0. The van der Waals surface area contributed by atoms with Crippen LogP contribution in [0.3, 0.4) is 0 Å². The van der Waals surface area contributed by atoms with Gasteiger partial charge in [-0.1, -0.05) is 81.4 Å². The number of benzene rings is 5. The molecule has 0 saturated heterocycles. The first-order valence-electron chi connectivity index (χ1n) is 9.31. The molecule has 0 aliphatic heterocycles. The highest BCUT2D eigenvalue weighted by atomic mass is 14.2. The summed E-state index contributed by atoms with van der Waals surface area (Å²) in [4.78, 5) is 0. The Bertz CT molecular complexity index is 1220. The van der Waals surface area contributed by atoms with E-state index in [0.29, 0.717) is 5.92 Å². The molecule has 0 bridgehead atoms. The molecule has 0 radical (unpaired) electrons. The molecule has 0 aliphatic rings. The van der Waals surface area contributed by atoms with Crippen LogP contribution in [-0.2, 0) is 6.42 Å². The van der Waals surface area contributed by atoms with Crippen molar-refractivity contribution in [2.24, 2.45) is 0 Å². The number of hydrogen-bond acceptors (Lipinski definition) is 0. The van der Waals surface area contributed by atoms with Crippen molar-refractivity contribution in [1.29, 1.82) is 0 Å². The van der Waals surface area contributed by atoms with E-state index >= 15 is 0 Å². The molecule has 0 heteroatoms. The number of aryl methyl sites for hydroxylation is 1. The highest BCUT2D eigenvalue weighted by Gasteiger charge is 2.16. The van der Waals surface area contributed by atoms with Crippen LogP contribution in [-0.4, -0.2) is 0 Å². The second kappa shape index (κ2) is 5.20. The molecule has 25 heavy (non-hydrogen) atoms. The Hall–Kier alpha value is -2.60. The SMILES string of the molecule is CCc1ccc2c3ccc(C(C)C)c4cccc(c5cccc1c52)c43. The predicted octanol–water partition coefficient (Wildman–Crippen LogP) is 7.42. The molecule has 0 N–H and O–H groups in total. The molecule has 5 aromatic carbocycles. The van der Waals surface area contributed by atoms with Gasteiger partial charge in [0, 0.05) is 0 Å². The first-order valence-corrected chi connectivity index (χ1v) is 9.31. The van der Waals surface area contributed by atoms with E-state index in [4.69, 9.17) is 0 Å². The van der Waals surface area contributed by atoms with Crippen molar-refractivity contribution in [2.45, 2.75) is 33.1 Å². The molecule has 5 rings (SSSR count). The molecule has 122 valence electrons. The van der Waals surface area contributed by atoms with Crippen molar-refractivity contribution in [3.05, 3.63) is 71.8 Å². The number of fused-ring (bicyclic) bond motifs is 2. The summed E-state index contributed by atoms with van der Waals surface area (Å²) in [5.41, 5.74) is 2.89. The van der Waals surface area contributed by atoms with E-state index in [1.807, 2.05) is 0 Å². The van der Waals surface area contributed by atoms with Gasteiger partial charge in [-0.25, -0.2) is 0 Å². The van der Waals surface area contributed by atoms with Crippen LogP contribution in [0.25, 0.3) is 43.1 Å². The topological polar surface area (TPSA) is 0 Å². The highest BCUT2D eigenvalue weighted by molar-refractivity contribution is 6.33. The molecule has 0 heterocycles.